The van der Waals surface area contributed by atoms with Crippen molar-refractivity contribution in [3.63, 3.8) is 0 Å². The number of aromatic hydroxyl groups is 3. The predicted octanol–water partition coefficient (Wildman–Crippen LogP) is 2.07. The van der Waals surface area contributed by atoms with Crippen LogP contribution >= 0.6 is 0 Å². The lowest BCUT2D eigenvalue weighted by molar-refractivity contribution is 0.371. The molecule has 1 heterocycles. The summed E-state index contributed by atoms with van der Waals surface area (Å²) in [6.07, 6.45) is 0. The van der Waals surface area contributed by atoms with E-state index in [1.165, 1.54) is 31.4 Å². The summed E-state index contributed by atoms with van der Waals surface area (Å²) in [6.45, 7) is 0. The molecular weight excluding hydrogens is 264 g/mol. The van der Waals surface area contributed by atoms with Crippen LogP contribution in [0.2, 0.25) is 0 Å². The van der Waals surface area contributed by atoms with Gasteiger partial charge in [0.15, 0.2) is 22.7 Å². The van der Waals surface area contributed by atoms with Gasteiger partial charge >= 0.3 is 0 Å². The van der Waals surface area contributed by atoms with Crippen molar-refractivity contribution in [2.75, 3.05) is 7.11 Å². The van der Waals surface area contributed by atoms with Crippen molar-refractivity contribution in [2.24, 2.45) is 0 Å². The van der Waals surface area contributed by atoms with Gasteiger partial charge in [-0.05, 0) is 24.3 Å². The van der Waals surface area contributed by atoms with E-state index in [0.29, 0.717) is 0 Å². The van der Waals surface area contributed by atoms with Crippen LogP contribution in [-0.4, -0.2) is 22.4 Å². The number of phenolic OH excluding ortho intramolecular Hbond substituents is 3. The highest BCUT2D eigenvalue weighted by molar-refractivity contribution is 5.98. The molecule has 0 bridgehead atoms. The van der Waals surface area contributed by atoms with E-state index in [4.69, 9.17) is 9.15 Å². The fraction of sp³-hybridized carbons (Fsp3) is 0.0714. The first-order chi connectivity index (χ1) is 9.54. The van der Waals surface area contributed by atoms with E-state index < -0.39 is 5.43 Å². The van der Waals surface area contributed by atoms with Crippen LogP contribution in [0.3, 0.4) is 0 Å². The molecule has 3 rings (SSSR count). The minimum atomic E-state index is -0.520. The Morgan fingerprint density at radius 3 is 2.30 bits per heavy atom. The van der Waals surface area contributed by atoms with Gasteiger partial charge in [-0.3, -0.25) is 4.79 Å². The molecule has 6 heteroatoms. The highest BCUT2D eigenvalue weighted by Crippen LogP contribution is 2.38. The van der Waals surface area contributed by atoms with E-state index in [9.17, 15) is 20.1 Å². The second-order valence-electron chi connectivity index (χ2n) is 4.23. The van der Waals surface area contributed by atoms with E-state index in [1.54, 1.807) is 0 Å². The van der Waals surface area contributed by atoms with Crippen molar-refractivity contribution in [1.29, 1.82) is 0 Å². The Hall–Kier alpha value is -2.89. The SMILES string of the molecule is COc1c(O)ccc2c(=O)c3c(O)ccc(O)c3oc12. The molecule has 0 unspecified atom stereocenters. The van der Waals surface area contributed by atoms with E-state index in [0.717, 1.165) is 0 Å². The fourth-order valence-electron chi connectivity index (χ4n) is 2.15. The molecule has 0 saturated carbocycles. The van der Waals surface area contributed by atoms with E-state index in [1.807, 2.05) is 0 Å². The Kier molecular flexibility index (Phi) is 2.47. The normalized spacial score (nSPS) is 11.1. The zero-order valence-electron chi connectivity index (χ0n) is 10.4. The van der Waals surface area contributed by atoms with Gasteiger partial charge in [-0.2, -0.15) is 0 Å². The van der Waals surface area contributed by atoms with E-state index in [2.05, 4.69) is 0 Å². The Bertz CT molecular complexity index is 894. The summed E-state index contributed by atoms with van der Waals surface area (Å²) in [5.74, 6) is -0.783. The highest BCUT2D eigenvalue weighted by Gasteiger charge is 2.18. The van der Waals surface area contributed by atoms with Gasteiger partial charge in [0.1, 0.15) is 11.1 Å². The molecule has 102 valence electrons. The van der Waals surface area contributed by atoms with Crippen LogP contribution in [0, 0.1) is 0 Å². The first-order valence-corrected chi connectivity index (χ1v) is 5.72. The lowest BCUT2D eigenvalue weighted by Gasteiger charge is -2.08. The van der Waals surface area contributed by atoms with Crippen LogP contribution in [0.25, 0.3) is 21.9 Å². The average Bonchev–Trinajstić information content (AvgIpc) is 2.43. The van der Waals surface area contributed by atoms with Gasteiger partial charge in [0.05, 0.1) is 12.5 Å². The average molecular weight is 274 g/mol. The number of hydrogen-bond acceptors (Lipinski definition) is 6. The molecule has 0 atom stereocenters. The Labute approximate surface area is 112 Å². The number of hydrogen-bond donors (Lipinski definition) is 3. The third-order valence-electron chi connectivity index (χ3n) is 3.09. The maximum Gasteiger partial charge on any atom is 0.204 e. The van der Waals surface area contributed by atoms with Crippen molar-refractivity contribution in [2.45, 2.75) is 0 Å². The molecule has 0 spiro atoms. The van der Waals surface area contributed by atoms with Crippen LogP contribution in [0.15, 0.2) is 33.5 Å². The van der Waals surface area contributed by atoms with Crippen LogP contribution in [0.1, 0.15) is 0 Å². The quantitative estimate of drug-likeness (QED) is 0.464. The van der Waals surface area contributed by atoms with Gasteiger partial charge in [-0.25, -0.2) is 0 Å². The molecule has 0 aliphatic heterocycles. The zero-order valence-corrected chi connectivity index (χ0v) is 10.4. The van der Waals surface area contributed by atoms with Gasteiger partial charge in [0.25, 0.3) is 0 Å². The van der Waals surface area contributed by atoms with Crippen LogP contribution in [-0.2, 0) is 0 Å². The Morgan fingerprint density at radius 1 is 0.950 bits per heavy atom. The molecule has 0 amide bonds. The molecule has 0 aliphatic carbocycles. The van der Waals surface area contributed by atoms with Crippen LogP contribution < -0.4 is 10.2 Å². The monoisotopic (exact) mass is 274 g/mol. The summed E-state index contributed by atoms with van der Waals surface area (Å²) in [6, 6.07) is 5.07. The first kappa shape index (κ1) is 12.2. The maximum atomic E-state index is 12.4. The standard InChI is InChI=1S/C14H10O6/c1-19-14-9(17)3-2-6-11(18)10-7(15)4-5-8(16)13(10)20-12(6)14/h2-5,15-17H,1H3. The molecule has 1 aromatic heterocycles. The third kappa shape index (κ3) is 1.48. The van der Waals surface area contributed by atoms with Gasteiger partial charge in [-0.1, -0.05) is 0 Å². The summed E-state index contributed by atoms with van der Waals surface area (Å²) in [4.78, 5) is 12.4. The molecule has 2 aromatic carbocycles. The third-order valence-corrected chi connectivity index (χ3v) is 3.09. The molecule has 0 radical (unpaired) electrons. The number of rotatable bonds is 1. The predicted molar refractivity (Wildman–Crippen MR) is 71.5 cm³/mol. The lowest BCUT2D eigenvalue weighted by Crippen LogP contribution is -2.03. The van der Waals surface area contributed by atoms with Crippen LogP contribution in [0.4, 0.5) is 0 Å². The number of phenols is 3. The molecule has 6 nitrogen and oxygen atoms in total. The van der Waals surface area contributed by atoms with Crippen LogP contribution in [0.5, 0.6) is 23.0 Å². The fourth-order valence-corrected chi connectivity index (χ4v) is 2.15. The second-order valence-corrected chi connectivity index (χ2v) is 4.23. The molecule has 0 saturated heterocycles. The topological polar surface area (TPSA) is 100 Å². The molecule has 3 aromatic rings. The van der Waals surface area contributed by atoms with E-state index >= 15 is 0 Å². The summed E-state index contributed by atoms with van der Waals surface area (Å²) in [7, 11) is 1.32. The van der Waals surface area contributed by atoms with Crippen molar-refractivity contribution in [1.82, 2.24) is 0 Å². The van der Waals surface area contributed by atoms with Crippen molar-refractivity contribution in [3.05, 3.63) is 34.5 Å². The zero-order chi connectivity index (χ0) is 14.4. The number of benzene rings is 2. The first-order valence-electron chi connectivity index (χ1n) is 5.72. The van der Waals surface area contributed by atoms with Crippen molar-refractivity contribution >= 4 is 21.9 Å². The van der Waals surface area contributed by atoms with Gasteiger partial charge in [-0.15, -0.1) is 0 Å². The number of methoxy groups -OCH3 is 1. The van der Waals surface area contributed by atoms with Crippen molar-refractivity contribution < 1.29 is 24.5 Å². The molecule has 3 N–H and O–H groups in total. The molecule has 0 aliphatic rings. The Balaban J connectivity index is 2.65. The summed E-state index contributed by atoms with van der Waals surface area (Å²) < 4.78 is 10.5. The largest absolute Gasteiger partial charge is 0.507 e. The van der Waals surface area contributed by atoms with Crippen molar-refractivity contribution in [3.8, 4) is 23.0 Å². The number of ether oxygens (including phenoxy) is 1. The minimum absolute atomic E-state index is 0.00546. The molecule has 0 fully saturated rings. The summed E-state index contributed by atoms with van der Waals surface area (Å²) >= 11 is 0. The molecular formula is C14H10O6. The van der Waals surface area contributed by atoms with E-state index in [-0.39, 0.29) is 44.9 Å². The number of fused-ring (bicyclic) bond motifs is 2. The Morgan fingerprint density at radius 2 is 1.60 bits per heavy atom. The van der Waals surface area contributed by atoms with Gasteiger partial charge < -0.3 is 24.5 Å². The molecule has 20 heavy (non-hydrogen) atoms. The van der Waals surface area contributed by atoms with Gasteiger partial charge in [0, 0.05) is 0 Å². The second kappa shape index (κ2) is 4.06. The smallest absolute Gasteiger partial charge is 0.204 e. The van der Waals surface area contributed by atoms with Gasteiger partial charge in [0.2, 0.25) is 11.2 Å². The minimum Gasteiger partial charge on any atom is -0.507 e. The highest BCUT2D eigenvalue weighted by atomic mass is 16.5. The summed E-state index contributed by atoms with van der Waals surface area (Å²) in [5, 5.41) is 29.2. The summed E-state index contributed by atoms with van der Waals surface area (Å²) in [5.41, 5.74) is -0.676. The lowest BCUT2D eigenvalue weighted by atomic mass is 10.1. The maximum absolute atomic E-state index is 12.4.